The van der Waals surface area contributed by atoms with E-state index in [9.17, 15) is 5.26 Å². The fourth-order valence-corrected chi connectivity index (χ4v) is 7.15. The summed E-state index contributed by atoms with van der Waals surface area (Å²) in [7, 11) is 4.24. The lowest BCUT2D eigenvalue weighted by Crippen LogP contribution is -2.40. The second-order valence-corrected chi connectivity index (χ2v) is 11.9. The van der Waals surface area contributed by atoms with Crippen molar-refractivity contribution in [1.82, 2.24) is 34.9 Å². The Morgan fingerprint density at radius 3 is 2.69 bits per heavy atom. The summed E-state index contributed by atoms with van der Waals surface area (Å²) >= 11 is 1.70. The van der Waals surface area contributed by atoms with Gasteiger partial charge in [-0.15, -0.1) is 10.2 Å². The van der Waals surface area contributed by atoms with Crippen LogP contribution in [0.4, 0.5) is 5.69 Å². The lowest BCUT2D eigenvalue weighted by Gasteiger charge is -2.36. The molecule has 202 valence electrons. The smallest absolute Gasteiger partial charge is 0.151 e. The van der Waals surface area contributed by atoms with Crippen LogP contribution in [0.2, 0.25) is 0 Å². The van der Waals surface area contributed by atoms with Gasteiger partial charge < -0.3 is 15.5 Å². The SMILES string of the molecule is CNc1cc(-n2ccc3cc(C#N)cnc32)ncc1-c1nnc(C2CCC(N(C)CC3CCNCC3)CC2)s1. The normalized spacial score (nSPS) is 20.4. The van der Waals surface area contributed by atoms with E-state index in [1.807, 2.05) is 42.2 Å². The van der Waals surface area contributed by atoms with Crippen LogP contribution < -0.4 is 10.6 Å². The quantitative estimate of drug-likeness (QED) is 0.343. The van der Waals surface area contributed by atoms with Crippen molar-refractivity contribution in [3.63, 3.8) is 0 Å². The van der Waals surface area contributed by atoms with Crippen molar-refractivity contribution in [3.05, 3.63) is 47.4 Å². The van der Waals surface area contributed by atoms with Gasteiger partial charge in [-0.25, -0.2) is 9.97 Å². The van der Waals surface area contributed by atoms with Gasteiger partial charge in [0.05, 0.1) is 11.1 Å². The second-order valence-electron chi connectivity index (χ2n) is 10.9. The molecule has 0 bridgehead atoms. The molecule has 0 radical (unpaired) electrons. The molecule has 0 spiro atoms. The highest BCUT2D eigenvalue weighted by atomic mass is 32.1. The summed E-state index contributed by atoms with van der Waals surface area (Å²) in [5, 5.41) is 28.1. The standard InChI is InChI=1S/C29H35N9S/c1-31-25-14-26(38-12-9-22-13-20(15-30)16-34-27(22)38)33-17-24(25)29-36-35-28(39-29)21-3-5-23(6-4-21)37(2)18-19-7-10-32-11-8-19/h9,12-14,16-17,19,21,23,32H,3-8,10-11,18H2,1-2H3,(H,31,33). The van der Waals surface area contributed by atoms with Gasteiger partial charge >= 0.3 is 0 Å². The van der Waals surface area contributed by atoms with Crippen LogP contribution in [0.1, 0.15) is 55.0 Å². The van der Waals surface area contributed by atoms with Crippen LogP contribution in [-0.2, 0) is 0 Å². The number of fused-ring (bicyclic) bond motifs is 1. The van der Waals surface area contributed by atoms with Crippen molar-refractivity contribution in [2.45, 2.75) is 50.5 Å². The van der Waals surface area contributed by atoms with Crippen molar-refractivity contribution in [1.29, 1.82) is 5.26 Å². The van der Waals surface area contributed by atoms with E-state index in [0.29, 0.717) is 17.5 Å². The van der Waals surface area contributed by atoms with E-state index in [4.69, 9.17) is 4.98 Å². The summed E-state index contributed by atoms with van der Waals surface area (Å²) < 4.78 is 1.94. The number of hydrogen-bond acceptors (Lipinski definition) is 9. The molecular weight excluding hydrogens is 506 g/mol. The van der Waals surface area contributed by atoms with Crippen molar-refractivity contribution in [2.75, 3.05) is 39.0 Å². The molecule has 1 saturated carbocycles. The molecule has 2 fully saturated rings. The number of pyridine rings is 2. The number of nitriles is 1. The van der Waals surface area contributed by atoms with Gasteiger partial charge in [0.2, 0.25) is 0 Å². The fourth-order valence-electron chi connectivity index (χ4n) is 6.12. The molecule has 9 nitrogen and oxygen atoms in total. The summed E-state index contributed by atoms with van der Waals surface area (Å²) in [5.74, 6) is 2.08. The average Bonchev–Trinajstić information content (AvgIpc) is 3.65. The number of anilines is 1. The molecule has 4 aromatic heterocycles. The Morgan fingerprint density at radius 2 is 1.92 bits per heavy atom. The van der Waals surface area contributed by atoms with Gasteiger partial charge in [0, 0.05) is 61.3 Å². The number of nitrogens with one attached hydrogen (secondary N) is 2. The van der Waals surface area contributed by atoms with Crippen LogP contribution >= 0.6 is 11.3 Å². The van der Waals surface area contributed by atoms with E-state index in [1.54, 1.807) is 17.5 Å². The molecular formula is C29H35N9S. The van der Waals surface area contributed by atoms with E-state index in [0.717, 1.165) is 44.0 Å². The Balaban J connectivity index is 1.14. The van der Waals surface area contributed by atoms with Crippen molar-refractivity contribution < 1.29 is 0 Å². The highest BCUT2D eigenvalue weighted by Gasteiger charge is 2.29. The Morgan fingerprint density at radius 1 is 1.10 bits per heavy atom. The Kier molecular flexibility index (Phi) is 7.55. The molecule has 1 aliphatic heterocycles. The zero-order valence-corrected chi connectivity index (χ0v) is 23.4. The van der Waals surface area contributed by atoms with Crippen LogP contribution in [0.5, 0.6) is 0 Å². The second kappa shape index (κ2) is 11.4. The van der Waals surface area contributed by atoms with Gasteiger partial charge in [-0.3, -0.25) is 4.57 Å². The fraction of sp³-hybridized carbons (Fsp3) is 0.483. The summed E-state index contributed by atoms with van der Waals surface area (Å²) in [6.07, 6.45) is 12.8. The minimum atomic E-state index is 0.487. The zero-order chi connectivity index (χ0) is 26.8. The van der Waals surface area contributed by atoms with Crippen LogP contribution in [0.15, 0.2) is 36.8 Å². The molecule has 4 aromatic rings. The highest BCUT2D eigenvalue weighted by molar-refractivity contribution is 7.14. The number of rotatable bonds is 7. The first-order valence-electron chi connectivity index (χ1n) is 13.9. The third kappa shape index (κ3) is 5.39. The topological polar surface area (TPSA) is 108 Å². The molecule has 2 aliphatic rings. The van der Waals surface area contributed by atoms with Crippen LogP contribution in [0, 0.1) is 17.2 Å². The molecule has 2 N–H and O–H groups in total. The molecule has 0 unspecified atom stereocenters. The largest absolute Gasteiger partial charge is 0.387 e. The number of aromatic nitrogens is 5. The summed E-state index contributed by atoms with van der Waals surface area (Å²) in [6.45, 7) is 3.57. The van der Waals surface area contributed by atoms with Gasteiger partial charge in [0.1, 0.15) is 22.5 Å². The Hall–Kier alpha value is -3.39. The molecule has 10 heteroatoms. The number of nitrogens with zero attached hydrogens (tertiary/aromatic N) is 7. The third-order valence-corrected chi connectivity index (χ3v) is 9.53. The van der Waals surface area contributed by atoms with Gasteiger partial charge in [-0.1, -0.05) is 11.3 Å². The van der Waals surface area contributed by atoms with Crippen LogP contribution in [0.25, 0.3) is 27.4 Å². The maximum atomic E-state index is 9.17. The van der Waals surface area contributed by atoms with Gasteiger partial charge in [-0.05, 0) is 76.7 Å². The molecule has 6 rings (SSSR count). The van der Waals surface area contributed by atoms with Crippen molar-refractivity contribution in [3.8, 4) is 22.5 Å². The first-order valence-corrected chi connectivity index (χ1v) is 14.7. The van der Waals surface area contributed by atoms with E-state index < -0.39 is 0 Å². The van der Waals surface area contributed by atoms with Gasteiger partial charge in [0.15, 0.2) is 5.01 Å². The van der Waals surface area contributed by atoms with E-state index >= 15 is 0 Å². The van der Waals surface area contributed by atoms with E-state index in [1.165, 1.54) is 58.2 Å². The molecule has 0 amide bonds. The predicted octanol–water partition coefficient (Wildman–Crippen LogP) is 4.81. The molecule has 0 atom stereocenters. The monoisotopic (exact) mass is 541 g/mol. The maximum Gasteiger partial charge on any atom is 0.151 e. The minimum absolute atomic E-state index is 0.487. The summed E-state index contributed by atoms with van der Waals surface area (Å²) in [5.41, 5.74) is 3.22. The van der Waals surface area contributed by atoms with E-state index in [2.05, 4.69) is 43.8 Å². The summed E-state index contributed by atoms with van der Waals surface area (Å²) in [4.78, 5) is 11.8. The Bertz CT molecular complexity index is 1470. The molecule has 5 heterocycles. The number of hydrogen-bond donors (Lipinski definition) is 2. The molecule has 39 heavy (non-hydrogen) atoms. The molecule has 1 saturated heterocycles. The highest BCUT2D eigenvalue weighted by Crippen LogP contribution is 2.39. The van der Waals surface area contributed by atoms with Crippen molar-refractivity contribution in [2.24, 2.45) is 5.92 Å². The van der Waals surface area contributed by atoms with E-state index in [-0.39, 0.29) is 0 Å². The van der Waals surface area contributed by atoms with Crippen LogP contribution in [-0.4, -0.2) is 69.4 Å². The summed E-state index contributed by atoms with van der Waals surface area (Å²) in [6, 6.07) is 8.64. The maximum absolute atomic E-state index is 9.17. The third-order valence-electron chi connectivity index (χ3n) is 8.41. The van der Waals surface area contributed by atoms with Gasteiger partial charge in [0.25, 0.3) is 0 Å². The zero-order valence-electron chi connectivity index (χ0n) is 22.6. The number of piperidine rings is 1. The lowest BCUT2D eigenvalue weighted by atomic mass is 9.85. The first-order chi connectivity index (χ1) is 19.1. The lowest BCUT2D eigenvalue weighted by molar-refractivity contribution is 0.147. The van der Waals surface area contributed by atoms with Gasteiger partial charge in [-0.2, -0.15) is 5.26 Å². The van der Waals surface area contributed by atoms with Crippen molar-refractivity contribution >= 4 is 28.1 Å². The molecule has 1 aliphatic carbocycles. The average molecular weight is 542 g/mol. The predicted molar refractivity (Wildman–Crippen MR) is 155 cm³/mol. The molecule has 0 aromatic carbocycles. The Labute approximate surface area is 233 Å². The van der Waals surface area contributed by atoms with Crippen LogP contribution in [0.3, 0.4) is 0 Å². The minimum Gasteiger partial charge on any atom is -0.387 e. The first kappa shape index (κ1) is 25.9.